The molecule has 0 bridgehead atoms. The van der Waals surface area contributed by atoms with Gasteiger partial charge in [0.2, 0.25) is 0 Å². The zero-order chi connectivity index (χ0) is 20.1. The number of nitrogens with zero attached hydrogens (tertiary/aromatic N) is 4. The van der Waals surface area contributed by atoms with Crippen LogP contribution in [0.1, 0.15) is 46.1 Å². The van der Waals surface area contributed by atoms with Crippen molar-refractivity contribution in [2.24, 2.45) is 16.8 Å². The molecule has 2 N–H and O–H groups in total. The molecule has 164 valence electrons. The standard InChI is InChI=1S/C22H38N6.HI/c1-16(2)28-14-18(4)20(15-28)26-22(23-5)25-13-19-6-7-21(24-12-19)27-10-8-17(3)9-11-27;/h6-7,12,16-18,20H,8-11,13-15H2,1-5H3,(H2,23,25,26);1H. The molecule has 2 atom stereocenters. The second-order valence-corrected chi connectivity index (χ2v) is 8.90. The van der Waals surface area contributed by atoms with Crippen LogP contribution in [-0.2, 0) is 6.54 Å². The van der Waals surface area contributed by atoms with Crippen molar-refractivity contribution in [3.8, 4) is 0 Å². The molecule has 0 saturated carbocycles. The molecule has 7 heteroatoms. The van der Waals surface area contributed by atoms with Gasteiger partial charge >= 0.3 is 0 Å². The van der Waals surface area contributed by atoms with Crippen LogP contribution in [0.25, 0.3) is 0 Å². The number of hydrogen-bond donors (Lipinski definition) is 2. The first-order chi connectivity index (χ1) is 13.5. The Morgan fingerprint density at radius 1 is 1.21 bits per heavy atom. The molecule has 2 fully saturated rings. The fourth-order valence-corrected chi connectivity index (χ4v) is 4.12. The van der Waals surface area contributed by atoms with Gasteiger partial charge in [0.25, 0.3) is 0 Å². The number of hydrogen-bond acceptors (Lipinski definition) is 4. The minimum absolute atomic E-state index is 0. The Hall–Kier alpha value is -1.09. The van der Waals surface area contributed by atoms with Crippen molar-refractivity contribution < 1.29 is 0 Å². The van der Waals surface area contributed by atoms with Gasteiger partial charge < -0.3 is 15.5 Å². The summed E-state index contributed by atoms with van der Waals surface area (Å²) in [5.41, 5.74) is 1.18. The number of halogens is 1. The molecule has 3 rings (SSSR count). The van der Waals surface area contributed by atoms with Crippen molar-refractivity contribution in [2.75, 3.05) is 38.1 Å². The van der Waals surface area contributed by atoms with Crippen molar-refractivity contribution in [2.45, 2.75) is 59.2 Å². The molecule has 0 amide bonds. The lowest BCUT2D eigenvalue weighted by Crippen LogP contribution is -2.46. The lowest BCUT2D eigenvalue weighted by atomic mass is 9.99. The Morgan fingerprint density at radius 3 is 2.48 bits per heavy atom. The van der Waals surface area contributed by atoms with Gasteiger partial charge in [-0.05, 0) is 50.2 Å². The van der Waals surface area contributed by atoms with Gasteiger partial charge in [0.15, 0.2) is 5.96 Å². The third-order valence-electron chi connectivity index (χ3n) is 6.29. The normalized spacial score (nSPS) is 23.9. The molecule has 2 saturated heterocycles. The minimum atomic E-state index is 0. The summed E-state index contributed by atoms with van der Waals surface area (Å²) in [7, 11) is 1.84. The summed E-state index contributed by atoms with van der Waals surface area (Å²) in [4.78, 5) is 14.0. The SMILES string of the molecule is CN=C(NCc1ccc(N2CCC(C)CC2)nc1)NC1CN(C(C)C)CC1C.I. The largest absolute Gasteiger partial charge is 0.357 e. The van der Waals surface area contributed by atoms with E-state index in [0.29, 0.717) is 18.0 Å². The molecule has 2 unspecified atom stereocenters. The number of aromatic nitrogens is 1. The van der Waals surface area contributed by atoms with E-state index >= 15 is 0 Å². The molecule has 3 heterocycles. The predicted molar refractivity (Wildman–Crippen MR) is 133 cm³/mol. The first kappa shape index (κ1) is 24.2. The van der Waals surface area contributed by atoms with Gasteiger partial charge in [-0.2, -0.15) is 0 Å². The van der Waals surface area contributed by atoms with E-state index in [0.717, 1.165) is 50.4 Å². The van der Waals surface area contributed by atoms with E-state index in [-0.39, 0.29) is 24.0 Å². The summed E-state index contributed by atoms with van der Waals surface area (Å²) in [6.45, 7) is 14.4. The van der Waals surface area contributed by atoms with Gasteiger partial charge in [0, 0.05) is 58.1 Å². The van der Waals surface area contributed by atoms with Crippen molar-refractivity contribution >= 4 is 35.8 Å². The highest BCUT2D eigenvalue weighted by molar-refractivity contribution is 14.0. The van der Waals surface area contributed by atoms with Crippen molar-refractivity contribution in [1.82, 2.24) is 20.5 Å². The number of guanidine groups is 1. The molecule has 0 radical (unpaired) electrons. The molecule has 29 heavy (non-hydrogen) atoms. The fraction of sp³-hybridized carbons (Fsp3) is 0.727. The number of piperidine rings is 1. The van der Waals surface area contributed by atoms with E-state index in [9.17, 15) is 0 Å². The maximum absolute atomic E-state index is 4.69. The molecular weight excluding hydrogens is 475 g/mol. The molecule has 2 aliphatic heterocycles. The smallest absolute Gasteiger partial charge is 0.191 e. The van der Waals surface area contributed by atoms with E-state index in [1.54, 1.807) is 0 Å². The summed E-state index contributed by atoms with van der Waals surface area (Å²) in [5, 5.41) is 7.06. The number of nitrogens with one attached hydrogen (secondary N) is 2. The van der Waals surface area contributed by atoms with Gasteiger partial charge in [-0.1, -0.05) is 19.9 Å². The quantitative estimate of drug-likeness (QED) is 0.359. The molecule has 1 aromatic heterocycles. The molecule has 1 aromatic rings. The van der Waals surface area contributed by atoms with Crippen LogP contribution < -0.4 is 15.5 Å². The van der Waals surface area contributed by atoms with Gasteiger partial charge in [0.1, 0.15) is 5.82 Å². The number of pyridine rings is 1. The van der Waals surface area contributed by atoms with Gasteiger partial charge in [-0.15, -0.1) is 24.0 Å². The number of likely N-dealkylation sites (tertiary alicyclic amines) is 1. The van der Waals surface area contributed by atoms with Crippen LogP contribution in [0.5, 0.6) is 0 Å². The van der Waals surface area contributed by atoms with Crippen LogP contribution in [0, 0.1) is 11.8 Å². The second kappa shape index (κ2) is 11.3. The van der Waals surface area contributed by atoms with E-state index in [1.165, 1.54) is 18.4 Å². The summed E-state index contributed by atoms with van der Waals surface area (Å²) >= 11 is 0. The predicted octanol–water partition coefficient (Wildman–Crippen LogP) is 3.33. The van der Waals surface area contributed by atoms with Crippen molar-refractivity contribution in [1.29, 1.82) is 0 Å². The molecule has 0 aliphatic carbocycles. The molecule has 6 nitrogen and oxygen atoms in total. The zero-order valence-electron chi connectivity index (χ0n) is 18.7. The lowest BCUT2D eigenvalue weighted by Gasteiger charge is -2.31. The van der Waals surface area contributed by atoms with E-state index in [4.69, 9.17) is 4.98 Å². The van der Waals surface area contributed by atoms with Gasteiger partial charge in [-0.25, -0.2) is 4.98 Å². The van der Waals surface area contributed by atoms with Gasteiger partial charge in [-0.3, -0.25) is 9.89 Å². The number of anilines is 1. The molecular formula is C22H39IN6. The number of aliphatic imine (C=N–C) groups is 1. The highest BCUT2D eigenvalue weighted by Gasteiger charge is 2.31. The summed E-state index contributed by atoms with van der Waals surface area (Å²) in [6.07, 6.45) is 4.52. The number of rotatable bonds is 5. The van der Waals surface area contributed by atoms with Crippen LogP contribution in [0.3, 0.4) is 0 Å². The third kappa shape index (κ3) is 6.70. The first-order valence-corrected chi connectivity index (χ1v) is 10.9. The Balaban J connectivity index is 0.00000300. The zero-order valence-corrected chi connectivity index (χ0v) is 21.0. The highest BCUT2D eigenvalue weighted by Crippen LogP contribution is 2.21. The van der Waals surface area contributed by atoms with Crippen LogP contribution >= 0.6 is 24.0 Å². The topological polar surface area (TPSA) is 55.8 Å². The lowest BCUT2D eigenvalue weighted by molar-refractivity contribution is 0.265. The Morgan fingerprint density at radius 2 is 1.93 bits per heavy atom. The van der Waals surface area contributed by atoms with E-state index < -0.39 is 0 Å². The van der Waals surface area contributed by atoms with Crippen LogP contribution in [0.15, 0.2) is 23.3 Å². The first-order valence-electron chi connectivity index (χ1n) is 10.9. The summed E-state index contributed by atoms with van der Waals surface area (Å²) in [5.74, 6) is 3.44. The fourth-order valence-electron chi connectivity index (χ4n) is 4.12. The maximum atomic E-state index is 4.69. The summed E-state index contributed by atoms with van der Waals surface area (Å²) < 4.78 is 0. The van der Waals surface area contributed by atoms with Gasteiger partial charge in [0.05, 0.1) is 0 Å². The second-order valence-electron chi connectivity index (χ2n) is 8.90. The monoisotopic (exact) mass is 514 g/mol. The summed E-state index contributed by atoms with van der Waals surface area (Å²) in [6, 6.07) is 5.37. The van der Waals surface area contributed by atoms with E-state index in [1.807, 2.05) is 13.2 Å². The van der Waals surface area contributed by atoms with E-state index in [2.05, 4.69) is 65.3 Å². The van der Waals surface area contributed by atoms with Crippen LogP contribution in [0.4, 0.5) is 5.82 Å². The Kier molecular flexibility index (Phi) is 9.46. The maximum Gasteiger partial charge on any atom is 0.191 e. The molecule has 0 aromatic carbocycles. The Bertz CT molecular complexity index is 639. The average molecular weight is 515 g/mol. The third-order valence-corrected chi connectivity index (χ3v) is 6.29. The minimum Gasteiger partial charge on any atom is -0.357 e. The van der Waals surface area contributed by atoms with Crippen LogP contribution in [0.2, 0.25) is 0 Å². The molecule has 0 spiro atoms. The van der Waals surface area contributed by atoms with Crippen molar-refractivity contribution in [3.05, 3.63) is 23.9 Å². The Labute approximate surface area is 194 Å². The highest BCUT2D eigenvalue weighted by atomic mass is 127. The van der Waals surface area contributed by atoms with Crippen LogP contribution in [-0.4, -0.2) is 61.2 Å². The molecule has 2 aliphatic rings. The van der Waals surface area contributed by atoms with Crippen molar-refractivity contribution in [3.63, 3.8) is 0 Å². The average Bonchev–Trinajstić information content (AvgIpc) is 3.07.